The molecular formula is C17H14Cl2N2O2S2. The van der Waals surface area contributed by atoms with E-state index in [-0.39, 0.29) is 16.5 Å². The van der Waals surface area contributed by atoms with Crippen LogP contribution < -0.4 is 4.72 Å². The summed E-state index contributed by atoms with van der Waals surface area (Å²) in [6.07, 6.45) is 0. The number of hydrogen-bond acceptors (Lipinski definition) is 4. The maximum absolute atomic E-state index is 12.4. The molecule has 1 N–H and O–H groups in total. The van der Waals surface area contributed by atoms with Crippen molar-refractivity contribution in [3.63, 3.8) is 0 Å². The first-order valence-corrected chi connectivity index (χ1v) is 10.4. The molecule has 0 aliphatic carbocycles. The molecule has 1 aromatic heterocycles. The normalized spacial score (nSPS) is 11.6. The van der Waals surface area contributed by atoms with Crippen LogP contribution in [0.2, 0.25) is 10.0 Å². The van der Waals surface area contributed by atoms with Crippen molar-refractivity contribution in [3.05, 3.63) is 69.1 Å². The van der Waals surface area contributed by atoms with E-state index in [4.69, 9.17) is 23.2 Å². The van der Waals surface area contributed by atoms with Gasteiger partial charge in [0.05, 0.1) is 20.6 Å². The molecule has 4 nitrogen and oxygen atoms in total. The molecule has 0 saturated heterocycles. The van der Waals surface area contributed by atoms with Gasteiger partial charge >= 0.3 is 0 Å². The number of sulfonamides is 1. The molecule has 1 heterocycles. The maximum atomic E-state index is 12.4. The monoisotopic (exact) mass is 412 g/mol. The molecule has 8 heteroatoms. The molecule has 0 atom stereocenters. The molecular weight excluding hydrogens is 399 g/mol. The Bertz CT molecular complexity index is 1000. The van der Waals surface area contributed by atoms with Gasteiger partial charge in [0.2, 0.25) is 10.0 Å². The highest BCUT2D eigenvalue weighted by atomic mass is 35.5. The zero-order chi connectivity index (χ0) is 18.0. The molecule has 25 heavy (non-hydrogen) atoms. The van der Waals surface area contributed by atoms with Crippen molar-refractivity contribution in [1.29, 1.82) is 0 Å². The van der Waals surface area contributed by atoms with Crippen molar-refractivity contribution in [1.82, 2.24) is 9.71 Å². The summed E-state index contributed by atoms with van der Waals surface area (Å²) >= 11 is 13.2. The Balaban J connectivity index is 1.79. The third-order valence-corrected chi connectivity index (χ3v) is 6.88. The van der Waals surface area contributed by atoms with Crippen molar-refractivity contribution in [2.45, 2.75) is 18.4 Å². The van der Waals surface area contributed by atoms with Crippen LogP contribution in [0.5, 0.6) is 0 Å². The molecule has 130 valence electrons. The van der Waals surface area contributed by atoms with Gasteiger partial charge in [-0.3, -0.25) is 0 Å². The highest BCUT2D eigenvalue weighted by Gasteiger charge is 2.17. The van der Waals surface area contributed by atoms with Crippen LogP contribution in [0.4, 0.5) is 0 Å². The lowest BCUT2D eigenvalue weighted by Crippen LogP contribution is -2.23. The fourth-order valence-electron chi connectivity index (χ4n) is 2.18. The summed E-state index contributed by atoms with van der Waals surface area (Å²) in [6.45, 7) is 2.03. The smallest absolute Gasteiger partial charge is 0.240 e. The molecule has 0 aliphatic rings. The fraction of sp³-hybridized carbons (Fsp3) is 0.118. The SMILES string of the molecule is Cc1nc(-c2ccccc2)sc1CNS(=O)(=O)c1ccc(Cl)c(Cl)c1. The highest BCUT2D eigenvalue weighted by Crippen LogP contribution is 2.28. The second-order valence-corrected chi connectivity index (χ2v) is 8.96. The standard InChI is InChI=1S/C17H14Cl2N2O2S2/c1-11-16(24-17(21-11)12-5-3-2-4-6-12)10-20-25(22,23)13-7-8-14(18)15(19)9-13/h2-9,20H,10H2,1H3. The topological polar surface area (TPSA) is 59.1 Å². The molecule has 3 rings (SSSR count). The van der Waals surface area contributed by atoms with Gasteiger partial charge in [0.1, 0.15) is 5.01 Å². The van der Waals surface area contributed by atoms with Crippen molar-refractivity contribution in [3.8, 4) is 10.6 Å². The first-order valence-electron chi connectivity index (χ1n) is 7.33. The number of rotatable bonds is 5. The van der Waals surface area contributed by atoms with Gasteiger partial charge in [0.25, 0.3) is 0 Å². The van der Waals surface area contributed by atoms with Gasteiger partial charge in [0.15, 0.2) is 0 Å². The quantitative estimate of drug-likeness (QED) is 0.647. The van der Waals surface area contributed by atoms with Crippen LogP contribution in [-0.2, 0) is 16.6 Å². The fourth-order valence-corrected chi connectivity index (χ4v) is 4.67. The Morgan fingerprint density at radius 2 is 1.80 bits per heavy atom. The summed E-state index contributed by atoms with van der Waals surface area (Å²) in [4.78, 5) is 5.46. The molecule has 2 aromatic carbocycles. The lowest BCUT2D eigenvalue weighted by Gasteiger charge is -2.07. The van der Waals surface area contributed by atoms with Gasteiger partial charge in [-0.05, 0) is 25.1 Å². The number of halogens is 2. The predicted octanol–water partition coefficient (Wildman–Crippen LogP) is 4.90. The number of thiazole rings is 1. The van der Waals surface area contributed by atoms with Crippen molar-refractivity contribution in [2.24, 2.45) is 0 Å². The maximum Gasteiger partial charge on any atom is 0.240 e. The van der Waals surface area contributed by atoms with Gasteiger partial charge in [-0.2, -0.15) is 0 Å². The highest BCUT2D eigenvalue weighted by molar-refractivity contribution is 7.89. The lowest BCUT2D eigenvalue weighted by atomic mass is 10.2. The molecule has 0 fully saturated rings. The van der Waals surface area contributed by atoms with Gasteiger partial charge in [-0.15, -0.1) is 11.3 Å². The van der Waals surface area contributed by atoms with E-state index in [0.29, 0.717) is 5.02 Å². The number of nitrogens with one attached hydrogen (secondary N) is 1. The second kappa shape index (κ2) is 7.43. The van der Waals surface area contributed by atoms with Crippen LogP contribution in [0, 0.1) is 6.92 Å². The van der Waals surface area contributed by atoms with Crippen LogP contribution in [0.1, 0.15) is 10.6 Å². The predicted molar refractivity (Wildman–Crippen MR) is 103 cm³/mol. The Morgan fingerprint density at radius 1 is 1.08 bits per heavy atom. The number of benzene rings is 2. The molecule has 3 aromatic rings. The minimum Gasteiger partial charge on any atom is -0.241 e. The van der Waals surface area contributed by atoms with Gasteiger partial charge < -0.3 is 0 Å². The minimum absolute atomic E-state index is 0.0763. The van der Waals surface area contributed by atoms with Gasteiger partial charge in [-0.25, -0.2) is 18.1 Å². The lowest BCUT2D eigenvalue weighted by molar-refractivity contribution is 0.581. The summed E-state index contributed by atoms with van der Waals surface area (Å²) in [6, 6.07) is 14.0. The van der Waals surface area contributed by atoms with Crippen molar-refractivity contribution >= 4 is 44.6 Å². The number of aromatic nitrogens is 1. The molecule has 0 unspecified atom stereocenters. The van der Waals surface area contributed by atoms with Crippen LogP contribution in [0.15, 0.2) is 53.4 Å². The van der Waals surface area contributed by atoms with E-state index in [1.807, 2.05) is 37.3 Å². The van der Waals surface area contributed by atoms with E-state index >= 15 is 0 Å². The molecule has 0 spiro atoms. The van der Waals surface area contributed by atoms with Crippen LogP contribution >= 0.6 is 34.5 Å². The Kier molecular flexibility index (Phi) is 5.46. The molecule has 0 bridgehead atoms. The average Bonchev–Trinajstić information content (AvgIpc) is 2.97. The average molecular weight is 413 g/mol. The van der Waals surface area contributed by atoms with E-state index in [9.17, 15) is 8.42 Å². The van der Waals surface area contributed by atoms with E-state index in [1.54, 1.807) is 0 Å². The second-order valence-electron chi connectivity index (χ2n) is 5.29. The minimum atomic E-state index is -3.68. The van der Waals surface area contributed by atoms with Crippen molar-refractivity contribution in [2.75, 3.05) is 0 Å². The summed E-state index contributed by atoms with van der Waals surface area (Å²) in [5.41, 5.74) is 1.81. The third-order valence-electron chi connectivity index (χ3n) is 3.54. The van der Waals surface area contributed by atoms with Crippen LogP contribution in [0.25, 0.3) is 10.6 Å². The Labute approximate surface area is 160 Å². The number of nitrogens with zero attached hydrogens (tertiary/aromatic N) is 1. The van der Waals surface area contributed by atoms with E-state index < -0.39 is 10.0 Å². The molecule has 0 radical (unpaired) electrons. The zero-order valence-corrected chi connectivity index (χ0v) is 16.3. The first kappa shape index (κ1) is 18.4. The summed E-state index contributed by atoms with van der Waals surface area (Å²) in [7, 11) is -3.68. The third kappa shape index (κ3) is 4.22. The molecule has 0 saturated carbocycles. The van der Waals surface area contributed by atoms with Crippen LogP contribution in [-0.4, -0.2) is 13.4 Å². The van der Waals surface area contributed by atoms with E-state index in [1.165, 1.54) is 29.5 Å². The Hall–Kier alpha value is -1.44. The first-order chi connectivity index (χ1) is 11.9. The van der Waals surface area contributed by atoms with Gasteiger partial charge in [-0.1, -0.05) is 53.5 Å². The van der Waals surface area contributed by atoms with Gasteiger partial charge in [0, 0.05) is 17.0 Å². The van der Waals surface area contributed by atoms with Crippen molar-refractivity contribution < 1.29 is 8.42 Å². The van der Waals surface area contributed by atoms with Crippen LogP contribution in [0.3, 0.4) is 0 Å². The summed E-state index contributed by atoms with van der Waals surface area (Å²) in [5, 5.41) is 1.37. The number of aryl methyl sites for hydroxylation is 1. The van der Waals surface area contributed by atoms with E-state index in [2.05, 4.69) is 9.71 Å². The summed E-state index contributed by atoms with van der Waals surface area (Å²) < 4.78 is 27.4. The Morgan fingerprint density at radius 3 is 2.48 bits per heavy atom. The largest absolute Gasteiger partial charge is 0.241 e. The molecule has 0 amide bonds. The number of hydrogen-bond donors (Lipinski definition) is 1. The zero-order valence-electron chi connectivity index (χ0n) is 13.2. The molecule has 0 aliphatic heterocycles. The summed E-state index contributed by atoms with van der Waals surface area (Å²) in [5.74, 6) is 0. The van der Waals surface area contributed by atoms with E-state index in [0.717, 1.165) is 21.1 Å².